The van der Waals surface area contributed by atoms with Crippen molar-refractivity contribution in [3.8, 4) is 0 Å². The van der Waals surface area contributed by atoms with Gasteiger partial charge in [0.15, 0.2) is 5.60 Å². The average Bonchev–Trinajstić information content (AvgIpc) is 2.50. The van der Waals surface area contributed by atoms with Crippen LogP contribution in [0, 0.1) is 0 Å². The lowest BCUT2D eigenvalue weighted by atomic mass is 9.88. The van der Waals surface area contributed by atoms with Gasteiger partial charge in [-0.1, -0.05) is 48.5 Å². The summed E-state index contributed by atoms with van der Waals surface area (Å²) in [6, 6.07) is 17.6. The van der Waals surface area contributed by atoms with Crippen molar-refractivity contribution in [2.75, 3.05) is 0 Å². The average molecular weight is 306 g/mol. The molecule has 0 saturated heterocycles. The first-order valence-corrected chi connectivity index (χ1v) is 7.55. The number of carbonyl (C=O) groups excluding carboxylic acids is 2. The van der Waals surface area contributed by atoms with Crippen LogP contribution in [-0.4, -0.2) is 17.4 Å². The van der Waals surface area contributed by atoms with Gasteiger partial charge in [0, 0.05) is 12.5 Å². The van der Waals surface area contributed by atoms with Gasteiger partial charge >= 0.3 is 5.97 Å². The van der Waals surface area contributed by atoms with E-state index in [2.05, 4.69) is 6.07 Å². The van der Waals surface area contributed by atoms with Crippen molar-refractivity contribution in [1.82, 2.24) is 0 Å². The first-order chi connectivity index (χ1) is 10.9. The number of hydrogen-bond acceptors (Lipinski definition) is 3. The highest BCUT2D eigenvalue weighted by Gasteiger charge is 2.34. The Morgan fingerprint density at radius 2 is 1.35 bits per heavy atom. The first-order valence-electron chi connectivity index (χ1n) is 7.55. The van der Waals surface area contributed by atoms with Crippen LogP contribution >= 0.6 is 0 Å². The fourth-order valence-electron chi connectivity index (χ4n) is 2.97. The van der Waals surface area contributed by atoms with Gasteiger partial charge in [-0.05, 0) is 41.5 Å². The number of rotatable bonds is 3. The molecule has 0 aliphatic rings. The third kappa shape index (κ3) is 2.70. The van der Waals surface area contributed by atoms with Gasteiger partial charge in [0.2, 0.25) is 5.78 Å². The van der Waals surface area contributed by atoms with Crippen molar-refractivity contribution in [2.24, 2.45) is 0 Å². The summed E-state index contributed by atoms with van der Waals surface area (Å²) in [7, 11) is 0. The number of Topliss-reactive ketones (excluding diaryl/α,β-unsaturated/α-hetero) is 1. The van der Waals surface area contributed by atoms with E-state index in [-0.39, 0.29) is 5.78 Å². The molecule has 0 spiro atoms. The Bertz CT molecular complexity index is 868. The van der Waals surface area contributed by atoms with E-state index in [1.807, 2.05) is 48.5 Å². The standard InChI is InChI=1S/C20H18O3/c1-13(21)23-20(2,3)19(22)18-16-10-6-4-8-14(16)12-15-9-5-7-11-17(15)18/h4-12H,1-3H3. The Kier molecular flexibility index (Phi) is 3.64. The number of fused-ring (bicyclic) bond motifs is 2. The highest BCUT2D eigenvalue weighted by atomic mass is 16.6. The maximum Gasteiger partial charge on any atom is 0.303 e. The fraction of sp³-hybridized carbons (Fsp3) is 0.200. The molecule has 0 fully saturated rings. The van der Waals surface area contributed by atoms with E-state index in [9.17, 15) is 9.59 Å². The smallest absolute Gasteiger partial charge is 0.303 e. The lowest BCUT2D eigenvalue weighted by Gasteiger charge is -2.24. The molecule has 0 saturated carbocycles. The lowest BCUT2D eigenvalue weighted by Crippen LogP contribution is -2.37. The van der Waals surface area contributed by atoms with Gasteiger partial charge in [-0.25, -0.2) is 0 Å². The predicted octanol–water partition coefficient (Wildman–Crippen LogP) is 4.52. The summed E-state index contributed by atoms with van der Waals surface area (Å²) in [5, 5.41) is 3.73. The summed E-state index contributed by atoms with van der Waals surface area (Å²) in [5.41, 5.74) is -0.608. The van der Waals surface area contributed by atoms with Crippen molar-refractivity contribution in [3.05, 3.63) is 60.2 Å². The van der Waals surface area contributed by atoms with Crippen LogP contribution in [0.15, 0.2) is 54.6 Å². The largest absolute Gasteiger partial charge is 0.451 e. The van der Waals surface area contributed by atoms with Gasteiger partial charge in [0.1, 0.15) is 0 Å². The van der Waals surface area contributed by atoms with Crippen molar-refractivity contribution < 1.29 is 14.3 Å². The highest BCUT2D eigenvalue weighted by Crippen LogP contribution is 2.32. The molecule has 0 aliphatic heterocycles. The van der Waals surface area contributed by atoms with Gasteiger partial charge in [0.05, 0.1) is 0 Å². The molecule has 3 rings (SSSR count). The molecule has 3 aromatic carbocycles. The molecule has 0 N–H and O–H groups in total. The van der Waals surface area contributed by atoms with Gasteiger partial charge in [-0.15, -0.1) is 0 Å². The Hall–Kier alpha value is -2.68. The van der Waals surface area contributed by atoms with E-state index in [0.29, 0.717) is 5.56 Å². The minimum absolute atomic E-state index is 0.194. The number of esters is 1. The molecule has 23 heavy (non-hydrogen) atoms. The van der Waals surface area contributed by atoms with E-state index in [0.717, 1.165) is 21.5 Å². The van der Waals surface area contributed by atoms with Crippen LogP contribution in [0.2, 0.25) is 0 Å². The maximum atomic E-state index is 13.2. The van der Waals surface area contributed by atoms with Crippen molar-refractivity contribution in [2.45, 2.75) is 26.4 Å². The number of benzene rings is 3. The fourth-order valence-corrected chi connectivity index (χ4v) is 2.97. The molecule has 0 unspecified atom stereocenters. The van der Waals surface area contributed by atoms with E-state index in [4.69, 9.17) is 4.74 Å². The molecule has 116 valence electrons. The van der Waals surface area contributed by atoms with Gasteiger partial charge < -0.3 is 4.74 Å². The molecule has 0 heterocycles. The third-order valence-electron chi connectivity index (χ3n) is 3.94. The summed E-state index contributed by atoms with van der Waals surface area (Å²) < 4.78 is 5.26. The molecule has 0 aromatic heterocycles. The number of carbonyl (C=O) groups is 2. The normalized spacial score (nSPS) is 11.6. The molecule has 3 aromatic rings. The van der Waals surface area contributed by atoms with Crippen molar-refractivity contribution >= 4 is 33.3 Å². The molecule has 0 radical (unpaired) electrons. The summed E-state index contributed by atoms with van der Waals surface area (Å²) >= 11 is 0. The summed E-state index contributed by atoms with van der Waals surface area (Å²) in [6.07, 6.45) is 0. The van der Waals surface area contributed by atoms with Crippen LogP contribution in [0.5, 0.6) is 0 Å². The molecule has 0 aliphatic carbocycles. The zero-order valence-electron chi connectivity index (χ0n) is 13.4. The number of ether oxygens (including phenoxy) is 1. The Morgan fingerprint density at radius 1 is 0.870 bits per heavy atom. The molecule has 3 nitrogen and oxygen atoms in total. The van der Waals surface area contributed by atoms with E-state index < -0.39 is 11.6 Å². The Balaban J connectivity index is 2.33. The van der Waals surface area contributed by atoms with Gasteiger partial charge in [0.25, 0.3) is 0 Å². The Labute approximate surface area is 134 Å². The monoisotopic (exact) mass is 306 g/mol. The van der Waals surface area contributed by atoms with E-state index in [1.54, 1.807) is 13.8 Å². The topological polar surface area (TPSA) is 43.4 Å². The molecule has 0 bridgehead atoms. The van der Waals surface area contributed by atoms with Crippen LogP contribution in [0.25, 0.3) is 21.5 Å². The summed E-state index contributed by atoms with van der Waals surface area (Å²) in [5.74, 6) is -0.659. The summed E-state index contributed by atoms with van der Waals surface area (Å²) in [4.78, 5) is 24.5. The van der Waals surface area contributed by atoms with E-state index >= 15 is 0 Å². The van der Waals surface area contributed by atoms with Crippen molar-refractivity contribution in [1.29, 1.82) is 0 Å². The van der Waals surface area contributed by atoms with Crippen molar-refractivity contribution in [3.63, 3.8) is 0 Å². The van der Waals surface area contributed by atoms with Crippen LogP contribution in [0.1, 0.15) is 31.1 Å². The molecule has 0 atom stereocenters. The minimum atomic E-state index is -1.21. The van der Waals surface area contributed by atoms with Crippen LogP contribution < -0.4 is 0 Å². The second-order valence-electron chi connectivity index (χ2n) is 6.13. The highest BCUT2D eigenvalue weighted by molar-refractivity contribution is 6.21. The van der Waals surface area contributed by atoms with E-state index in [1.165, 1.54) is 6.92 Å². The predicted molar refractivity (Wildman–Crippen MR) is 91.6 cm³/mol. The minimum Gasteiger partial charge on any atom is -0.451 e. The zero-order valence-corrected chi connectivity index (χ0v) is 13.4. The number of ketones is 1. The van der Waals surface area contributed by atoms with Gasteiger partial charge in [-0.3, -0.25) is 9.59 Å². The van der Waals surface area contributed by atoms with Crippen LogP contribution in [-0.2, 0) is 9.53 Å². The molecule has 3 heteroatoms. The Morgan fingerprint density at radius 3 is 1.83 bits per heavy atom. The van der Waals surface area contributed by atoms with Crippen LogP contribution in [0.3, 0.4) is 0 Å². The van der Waals surface area contributed by atoms with Crippen LogP contribution in [0.4, 0.5) is 0 Å². The third-order valence-corrected chi connectivity index (χ3v) is 3.94. The first kappa shape index (κ1) is 15.2. The van der Waals surface area contributed by atoms with Gasteiger partial charge in [-0.2, -0.15) is 0 Å². The molecule has 0 amide bonds. The quantitative estimate of drug-likeness (QED) is 0.406. The lowest BCUT2D eigenvalue weighted by molar-refractivity contribution is -0.149. The number of hydrogen-bond donors (Lipinski definition) is 0. The zero-order chi connectivity index (χ0) is 16.6. The molecular formula is C20H18O3. The SMILES string of the molecule is CC(=O)OC(C)(C)C(=O)c1c2ccccc2cc2ccccc12. The second kappa shape index (κ2) is 5.51. The maximum absolute atomic E-state index is 13.2. The molecular weight excluding hydrogens is 288 g/mol. The summed E-state index contributed by atoms with van der Waals surface area (Å²) in [6.45, 7) is 4.58. The second-order valence-corrected chi connectivity index (χ2v) is 6.13.